The predicted molar refractivity (Wildman–Crippen MR) is 133 cm³/mol. The summed E-state index contributed by atoms with van der Waals surface area (Å²) in [4.78, 5) is 16.2. The van der Waals surface area contributed by atoms with Crippen LogP contribution in [-0.4, -0.2) is 40.3 Å². The number of aromatic nitrogens is 3. The van der Waals surface area contributed by atoms with Crippen LogP contribution in [0, 0.1) is 5.41 Å². The molecule has 1 aromatic carbocycles. The molecule has 8 nitrogen and oxygen atoms in total. The zero-order valence-electron chi connectivity index (χ0n) is 18.9. The average molecular weight is 499 g/mol. The van der Waals surface area contributed by atoms with Gasteiger partial charge in [0.15, 0.2) is 5.82 Å². The Hall–Kier alpha value is -2.59. The lowest BCUT2D eigenvalue weighted by molar-refractivity contribution is 0.186. The highest BCUT2D eigenvalue weighted by molar-refractivity contribution is 7.99. The van der Waals surface area contributed by atoms with Gasteiger partial charge in [-0.15, -0.1) is 0 Å². The third kappa shape index (κ3) is 4.07. The Morgan fingerprint density at radius 2 is 2.06 bits per heavy atom. The molecule has 2 aromatic heterocycles. The summed E-state index contributed by atoms with van der Waals surface area (Å²) in [5.74, 6) is 1.83. The fourth-order valence-corrected chi connectivity index (χ4v) is 6.11. The van der Waals surface area contributed by atoms with E-state index in [1.54, 1.807) is 25.6 Å². The lowest BCUT2D eigenvalue weighted by atomic mass is 9.73. The highest BCUT2D eigenvalue weighted by atomic mass is 35.5. The summed E-state index contributed by atoms with van der Waals surface area (Å²) in [6, 6.07) is 7.99. The molecule has 34 heavy (non-hydrogen) atoms. The van der Waals surface area contributed by atoms with E-state index in [9.17, 15) is 5.11 Å². The summed E-state index contributed by atoms with van der Waals surface area (Å²) in [6.07, 6.45) is 6.18. The van der Waals surface area contributed by atoms with Gasteiger partial charge in [-0.05, 0) is 54.0 Å². The number of halogens is 1. The second-order valence-electron chi connectivity index (χ2n) is 8.82. The topological polar surface area (TPSA) is 123 Å². The predicted octanol–water partition coefficient (Wildman–Crippen LogP) is 3.60. The number of piperidine rings is 1. The van der Waals surface area contributed by atoms with E-state index in [4.69, 9.17) is 27.8 Å². The molecule has 0 amide bonds. The summed E-state index contributed by atoms with van der Waals surface area (Å²) in [5, 5.41) is 11.0. The molecule has 178 valence electrons. The normalized spacial score (nSPS) is 18.8. The number of hydrogen-bond donors (Lipinski definition) is 3. The van der Waals surface area contributed by atoms with Gasteiger partial charge in [0.05, 0.1) is 24.9 Å². The van der Waals surface area contributed by atoms with Crippen LogP contribution in [0.4, 0.5) is 11.6 Å². The molecule has 10 heteroatoms. The molecule has 1 spiro atoms. The minimum Gasteiger partial charge on any atom is -0.497 e. The number of aliphatic hydroxyl groups excluding tert-OH is 1. The van der Waals surface area contributed by atoms with Crippen molar-refractivity contribution in [2.24, 2.45) is 11.1 Å². The molecule has 1 atom stereocenters. The van der Waals surface area contributed by atoms with Crippen molar-refractivity contribution in [3.8, 4) is 5.75 Å². The van der Waals surface area contributed by atoms with Crippen molar-refractivity contribution in [3.63, 3.8) is 0 Å². The van der Waals surface area contributed by atoms with Gasteiger partial charge in [-0.25, -0.2) is 15.0 Å². The molecular weight excluding hydrogens is 472 g/mol. The molecule has 2 aliphatic rings. The molecule has 0 unspecified atom stereocenters. The number of ether oxygens (including phenoxy) is 1. The molecule has 0 radical (unpaired) electrons. The first-order valence-electron chi connectivity index (χ1n) is 11.2. The number of nitrogens with zero attached hydrogens (tertiary/aromatic N) is 4. The number of hydrogen-bond acceptors (Lipinski definition) is 9. The number of anilines is 2. The van der Waals surface area contributed by atoms with Crippen LogP contribution in [0.25, 0.3) is 0 Å². The highest BCUT2D eigenvalue weighted by Crippen LogP contribution is 2.51. The SMILES string of the molecule is COc1ccc2c(c1)[C@@H](N)C1(CCN(c3ncc(Sc4ccnc(N)c4Cl)nc3CO)CC1)C2. The van der Waals surface area contributed by atoms with Gasteiger partial charge in [0.25, 0.3) is 0 Å². The van der Waals surface area contributed by atoms with Gasteiger partial charge in [-0.3, -0.25) is 0 Å². The Balaban J connectivity index is 1.32. The Bertz CT molecular complexity index is 1220. The van der Waals surface area contributed by atoms with Crippen molar-refractivity contribution in [1.82, 2.24) is 15.0 Å². The van der Waals surface area contributed by atoms with E-state index in [0.717, 1.165) is 43.0 Å². The number of aliphatic hydroxyl groups is 1. The zero-order valence-corrected chi connectivity index (χ0v) is 20.4. The zero-order chi connectivity index (χ0) is 23.9. The van der Waals surface area contributed by atoms with Crippen molar-refractivity contribution < 1.29 is 9.84 Å². The highest BCUT2D eigenvalue weighted by Gasteiger charge is 2.46. The van der Waals surface area contributed by atoms with E-state index in [1.807, 2.05) is 6.07 Å². The fourth-order valence-electron chi connectivity index (χ4n) is 5.08. The van der Waals surface area contributed by atoms with Crippen molar-refractivity contribution >= 4 is 35.0 Å². The van der Waals surface area contributed by atoms with E-state index < -0.39 is 0 Å². The Morgan fingerprint density at radius 3 is 2.79 bits per heavy atom. The van der Waals surface area contributed by atoms with Crippen LogP contribution in [-0.2, 0) is 13.0 Å². The number of benzene rings is 1. The molecule has 1 aliphatic heterocycles. The lowest BCUT2D eigenvalue weighted by Crippen LogP contribution is -2.45. The summed E-state index contributed by atoms with van der Waals surface area (Å²) >= 11 is 7.60. The van der Waals surface area contributed by atoms with Crippen LogP contribution in [0.15, 0.2) is 46.6 Å². The summed E-state index contributed by atoms with van der Waals surface area (Å²) < 4.78 is 5.40. The van der Waals surface area contributed by atoms with Gasteiger partial charge in [-0.2, -0.15) is 0 Å². The van der Waals surface area contributed by atoms with E-state index in [2.05, 4.69) is 32.0 Å². The van der Waals surface area contributed by atoms with Crippen LogP contribution >= 0.6 is 23.4 Å². The van der Waals surface area contributed by atoms with Gasteiger partial charge in [0, 0.05) is 30.2 Å². The van der Waals surface area contributed by atoms with Crippen molar-refractivity contribution in [3.05, 3.63) is 58.5 Å². The van der Waals surface area contributed by atoms with Gasteiger partial charge in [-0.1, -0.05) is 29.4 Å². The number of rotatable bonds is 5. The van der Waals surface area contributed by atoms with Gasteiger partial charge < -0.3 is 26.2 Å². The molecule has 1 fully saturated rings. The second-order valence-corrected chi connectivity index (χ2v) is 10.3. The summed E-state index contributed by atoms with van der Waals surface area (Å²) in [7, 11) is 1.68. The van der Waals surface area contributed by atoms with Crippen molar-refractivity contribution in [2.45, 2.75) is 41.8 Å². The maximum absolute atomic E-state index is 10.0. The molecule has 1 saturated heterocycles. The van der Waals surface area contributed by atoms with E-state index in [0.29, 0.717) is 21.6 Å². The first kappa shape index (κ1) is 23.2. The quantitative estimate of drug-likeness (QED) is 0.484. The third-order valence-corrected chi connectivity index (χ3v) is 8.47. The second kappa shape index (κ2) is 9.22. The molecule has 3 heterocycles. The number of nitrogen functional groups attached to an aromatic ring is 1. The Labute approximate surface area is 207 Å². The lowest BCUT2D eigenvalue weighted by Gasteiger charge is -2.42. The maximum Gasteiger partial charge on any atom is 0.152 e. The molecule has 5 N–H and O–H groups in total. The fraction of sp³-hybridized carbons (Fsp3) is 0.375. The first-order chi connectivity index (χ1) is 16.4. The standard InChI is InChI=1S/C24H27ClN6O2S/c1-33-15-3-2-14-11-24(21(26)16(14)10-15)5-8-31(9-6-24)23-17(13-32)30-19(12-29-23)34-18-4-7-28-22(27)20(18)25/h2-4,7,10,12,21,32H,5-6,8-9,11,13,26H2,1H3,(H2,27,28)/t21-/m1/s1. The Morgan fingerprint density at radius 1 is 1.26 bits per heavy atom. The molecule has 3 aromatic rings. The number of fused-ring (bicyclic) bond motifs is 1. The number of pyridine rings is 1. The molecule has 0 saturated carbocycles. The number of methoxy groups -OCH3 is 1. The summed E-state index contributed by atoms with van der Waals surface area (Å²) in [5.41, 5.74) is 15.7. The van der Waals surface area contributed by atoms with Crippen molar-refractivity contribution in [2.75, 3.05) is 30.8 Å². The third-order valence-electron chi connectivity index (χ3n) is 6.99. The van der Waals surface area contributed by atoms with Gasteiger partial charge in [0.2, 0.25) is 0 Å². The van der Waals surface area contributed by atoms with Crippen LogP contribution in [0.3, 0.4) is 0 Å². The largest absolute Gasteiger partial charge is 0.497 e. The van der Waals surface area contributed by atoms with Crippen molar-refractivity contribution in [1.29, 1.82) is 0 Å². The summed E-state index contributed by atoms with van der Waals surface area (Å²) in [6.45, 7) is 1.41. The minimum absolute atomic E-state index is 0.0144. The van der Waals surface area contributed by atoms with Crippen LogP contribution < -0.4 is 21.1 Å². The molecule has 1 aliphatic carbocycles. The van der Waals surface area contributed by atoms with Crippen LogP contribution in [0.5, 0.6) is 5.75 Å². The molecule has 0 bridgehead atoms. The molecular formula is C24H27ClN6O2S. The van der Waals surface area contributed by atoms with Gasteiger partial charge in [0.1, 0.15) is 22.3 Å². The monoisotopic (exact) mass is 498 g/mol. The smallest absolute Gasteiger partial charge is 0.152 e. The van der Waals surface area contributed by atoms with E-state index in [-0.39, 0.29) is 23.9 Å². The van der Waals surface area contributed by atoms with Crippen LogP contribution in [0.2, 0.25) is 5.02 Å². The minimum atomic E-state index is -0.199. The van der Waals surface area contributed by atoms with Gasteiger partial charge >= 0.3 is 0 Å². The Kier molecular flexibility index (Phi) is 6.28. The average Bonchev–Trinajstić information content (AvgIpc) is 3.13. The number of nitrogens with two attached hydrogens (primary N) is 2. The van der Waals surface area contributed by atoms with Crippen LogP contribution in [0.1, 0.15) is 35.7 Å². The maximum atomic E-state index is 10.0. The van der Waals surface area contributed by atoms with E-state index in [1.165, 1.54) is 22.9 Å². The van der Waals surface area contributed by atoms with E-state index >= 15 is 0 Å². The molecule has 5 rings (SSSR count). The first-order valence-corrected chi connectivity index (χ1v) is 12.4.